The van der Waals surface area contributed by atoms with Crippen LogP contribution in [0.5, 0.6) is 0 Å². The lowest BCUT2D eigenvalue weighted by molar-refractivity contribution is 0.398. The summed E-state index contributed by atoms with van der Waals surface area (Å²) in [4.78, 5) is 0. The molecular formula is C9H17N3S3. The Bertz CT molecular complexity index is 306. The van der Waals surface area contributed by atoms with Gasteiger partial charge in [-0.3, -0.25) is 0 Å². The highest BCUT2D eigenvalue weighted by atomic mass is 32.2. The number of rotatable bonds is 4. The number of hydrogen-bond acceptors (Lipinski definition) is 6. The smallest absolute Gasteiger partial charge is 0.175 e. The van der Waals surface area contributed by atoms with Crippen molar-refractivity contribution in [3.05, 3.63) is 0 Å². The second kappa shape index (κ2) is 5.52. The largest absolute Gasteiger partial charge is 0.329 e. The molecule has 3 nitrogen and oxygen atoms in total. The molecule has 0 radical (unpaired) electrons. The number of nitrogens with two attached hydrogens (primary N) is 1. The maximum absolute atomic E-state index is 5.78. The summed E-state index contributed by atoms with van der Waals surface area (Å²) in [6.07, 6.45) is 2.01. The lowest BCUT2D eigenvalue weighted by atomic mass is 9.92. The minimum atomic E-state index is 0.199. The van der Waals surface area contributed by atoms with Crippen molar-refractivity contribution >= 4 is 34.9 Å². The van der Waals surface area contributed by atoms with Crippen LogP contribution in [0.3, 0.4) is 0 Å². The molecule has 1 rings (SSSR count). The standard InChI is InChI=1S/C9H17N3S3/c1-9(2,3)6(5-10)14-8-12-11-7(13-4)15-8/h6H,5,10H2,1-4H3. The molecule has 2 N–H and O–H groups in total. The Morgan fingerprint density at radius 1 is 1.33 bits per heavy atom. The van der Waals surface area contributed by atoms with Crippen LogP contribution in [-0.2, 0) is 0 Å². The molecule has 0 aliphatic rings. The van der Waals surface area contributed by atoms with Crippen molar-refractivity contribution in [2.24, 2.45) is 11.1 Å². The average molecular weight is 263 g/mol. The summed E-state index contributed by atoms with van der Waals surface area (Å²) < 4.78 is 2.03. The molecule has 0 saturated carbocycles. The van der Waals surface area contributed by atoms with Gasteiger partial charge in [0.1, 0.15) is 0 Å². The fourth-order valence-electron chi connectivity index (χ4n) is 1.03. The van der Waals surface area contributed by atoms with Gasteiger partial charge < -0.3 is 5.73 Å². The van der Waals surface area contributed by atoms with Gasteiger partial charge in [-0.1, -0.05) is 55.6 Å². The molecular weight excluding hydrogens is 246 g/mol. The Morgan fingerprint density at radius 2 is 1.93 bits per heavy atom. The van der Waals surface area contributed by atoms with Gasteiger partial charge in [0.05, 0.1) is 0 Å². The van der Waals surface area contributed by atoms with Crippen LogP contribution in [0.25, 0.3) is 0 Å². The average Bonchev–Trinajstić information content (AvgIpc) is 2.59. The van der Waals surface area contributed by atoms with Gasteiger partial charge in [-0.2, -0.15) is 0 Å². The molecule has 0 bridgehead atoms. The zero-order valence-electron chi connectivity index (χ0n) is 9.48. The van der Waals surface area contributed by atoms with E-state index < -0.39 is 0 Å². The van der Waals surface area contributed by atoms with Gasteiger partial charge in [0.25, 0.3) is 0 Å². The molecule has 1 atom stereocenters. The number of aromatic nitrogens is 2. The van der Waals surface area contributed by atoms with Gasteiger partial charge in [-0.25, -0.2) is 0 Å². The first kappa shape index (κ1) is 13.3. The summed E-state index contributed by atoms with van der Waals surface area (Å²) in [5.41, 5.74) is 5.98. The molecule has 0 fully saturated rings. The predicted molar refractivity (Wildman–Crippen MR) is 69.8 cm³/mol. The summed E-state index contributed by atoms with van der Waals surface area (Å²) in [5.74, 6) is 0. The second-order valence-corrected chi connectivity index (χ2v) is 7.73. The third-order valence-corrected chi connectivity index (χ3v) is 5.69. The zero-order valence-corrected chi connectivity index (χ0v) is 11.9. The second-order valence-electron chi connectivity index (χ2n) is 4.25. The van der Waals surface area contributed by atoms with Crippen LogP contribution in [0.2, 0.25) is 0 Å². The Labute approximate surface area is 104 Å². The van der Waals surface area contributed by atoms with Crippen molar-refractivity contribution in [3.8, 4) is 0 Å². The number of hydrogen-bond donors (Lipinski definition) is 1. The zero-order chi connectivity index (χ0) is 11.5. The van der Waals surface area contributed by atoms with Gasteiger partial charge in [-0.15, -0.1) is 10.2 Å². The lowest BCUT2D eigenvalue weighted by Crippen LogP contribution is -2.30. The Morgan fingerprint density at radius 3 is 2.33 bits per heavy atom. The van der Waals surface area contributed by atoms with Crippen molar-refractivity contribution < 1.29 is 0 Å². The summed E-state index contributed by atoms with van der Waals surface area (Å²) in [6, 6.07) is 0. The fourth-order valence-corrected chi connectivity index (χ4v) is 3.75. The maximum Gasteiger partial charge on any atom is 0.175 e. The van der Waals surface area contributed by atoms with E-state index >= 15 is 0 Å². The van der Waals surface area contributed by atoms with E-state index in [4.69, 9.17) is 5.73 Å². The topological polar surface area (TPSA) is 51.8 Å². The van der Waals surface area contributed by atoms with Crippen molar-refractivity contribution in [2.45, 2.75) is 34.7 Å². The van der Waals surface area contributed by atoms with E-state index in [1.165, 1.54) is 0 Å². The molecule has 0 aliphatic heterocycles. The van der Waals surface area contributed by atoms with E-state index in [-0.39, 0.29) is 5.41 Å². The highest BCUT2D eigenvalue weighted by Crippen LogP contribution is 2.37. The Balaban J connectivity index is 2.67. The van der Waals surface area contributed by atoms with Crippen LogP contribution in [0.4, 0.5) is 0 Å². The first-order valence-corrected chi connectivity index (χ1v) is 7.63. The summed E-state index contributed by atoms with van der Waals surface area (Å²) >= 11 is 5.01. The summed E-state index contributed by atoms with van der Waals surface area (Å²) in [7, 11) is 0. The van der Waals surface area contributed by atoms with E-state index in [1.54, 1.807) is 34.9 Å². The molecule has 86 valence electrons. The maximum atomic E-state index is 5.78. The van der Waals surface area contributed by atoms with Crippen LogP contribution in [0.15, 0.2) is 8.68 Å². The van der Waals surface area contributed by atoms with E-state index in [0.717, 1.165) is 8.68 Å². The first-order chi connectivity index (χ1) is 6.97. The minimum absolute atomic E-state index is 0.199. The summed E-state index contributed by atoms with van der Waals surface area (Å²) in [5, 5.41) is 8.61. The molecule has 6 heteroatoms. The predicted octanol–water partition coefficient (Wildman–Crippen LogP) is 2.73. The number of nitrogens with zero attached hydrogens (tertiary/aromatic N) is 2. The molecule has 15 heavy (non-hydrogen) atoms. The highest BCUT2D eigenvalue weighted by molar-refractivity contribution is 8.03. The third kappa shape index (κ3) is 3.94. The van der Waals surface area contributed by atoms with E-state index in [1.807, 2.05) is 6.26 Å². The van der Waals surface area contributed by atoms with Crippen LogP contribution in [0.1, 0.15) is 20.8 Å². The molecule has 0 saturated heterocycles. The minimum Gasteiger partial charge on any atom is -0.329 e. The van der Waals surface area contributed by atoms with Gasteiger partial charge in [0, 0.05) is 11.8 Å². The van der Waals surface area contributed by atoms with Crippen molar-refractivity contribution in [3.63, 3.8) is 0 Å². The quantitative estimate of drug-likeness (QED) is 0.847. The molecule has 1 aromatic heterocycles. The van der Waals surface area contributed by atoms with Crippen molar-refractivity contribution in [2.75, 3.05) is 12.8 Å². The van der Waals surface area contributed by atoms with Gasteiger partial charge in [0.15, 0.2) is 8.68 Å². The van der Waals surface area contributed by atoms with Crippen LogP contribution in [-0.4, -0.2) is 28.2 Å². The third-order valence-electron chi connectivity index (χ3n) is 1.99. The van der Waals surface area contributed by atoms with E-state index in [2.05, 4.69) is 31.0 Å². The lowest BCUT2D eigenvalue weighted by Gasteiger charge is -2.27. The molecule has 0 aromatic carbocycles. The Kier molecular flexibility index (Phi) is 4.89. The number of thioether (sulfide) groups is 2. The molecule has 0 amide bonds. The normalized spacial score (nSPS) is 14.2. The van der Waals surface area contributed by atoms with Gasteiger partial charge in [-0.05, 0) is 11.7 Å². The van der Waals surface area contributed by atoms with Crippen molar-refractivity contribution in [1.82, 2.24) is 10.2 Å². The molecule has 1 aromatic rings. The van der Waals surface area contributed by atoms with Gasteiger partial charge in [0.2, 0.25) is 0 Å². The summed E-state index contributed by atoms with van der Waals surface area (Å²) in [6.45, 7) is 7.28. The van der Waals surface area contributed by atoms with E-state index in [0.29, 0.717) is 11.8 Å². The SMILES string of the molecule is CSc1nnc(SC(CN)C(C)(C)C)s1. The molecule has 0 aliphatic carbocycles. The molecule has 1 heterocycles. The molecule has 1 unspecified atom stereocenters. The molecule has 0 spiro atoms. The van der Waals surface area contributed by atoms with Crippen LogP contribution in [0, 0.1) is 5.41 Å². The monoisotopic (exact) mass is 263 g/mol. The van der Waals surface area contributed by atoms with Crippen LogP contribution < -0.4 is 5.73 Å². The van der Waals surface area contributed by atoms with E-state index in [9.17, 15) is 0 Å². The van der Waals surface area contributed by atoms with Crippen LogP contribution >= 0.6 is 34.9 Å². The fraction of sp³-hybridized carbons (Fsp3) is 0.778. The van der Waals surface area contributed by atoms with Gasteiger partial charge >= 0.3 is 0 Å². The Hall–Kier alpha value is 0.220. The first-order valence-electron chi connectivity index (χ1n) is 4.71. The highest BCUT2D eigenvalue weighted by Gasteiger charge is 2.25. The van der Waals surface area contributed by atoms with Crippen molar-refractivity contribution in [1.29, 1.82) is 0 Å².